The molecule has 0 spiro atoms. The van der Waals surface area contributed by atoms with Crippen molar-refractivity contribution in [2.24, 2.45) is 0 Å². The van der Waals surface area contributed by atoms with E-state index in [4.69, 9.17) is 0 Å². The molecule has 0 fully saturated rings. The molecule has 0 rings (SSSR count). The van der Waals surface area contributed by atoms with Gasteiger partial charge in [0.1, 0.15) is 0 Å². The monoisotopic (exact) mass is 246 g/mol. The number of carbonyl (C=O) groups is 2. The van der Waals surface area contributed by atoms with Crippen LogP contribution in [0.5, 0.6) is 0 Å². The summed E-state index contributed by atoms with van der Waals surface area (Å²) in [5, 5.41) is 0. The SMILES string of the molecule is CC(=O)[Se][Se]C(C)=O. The summed E-state index contributed by atoms with van der Waals surface area (Å²) in [5.74, 6) is 0. The zero-order valence-corrected chi connectivity index (χ0v) is 8.06. The Morgan fingerprint density at radius 3 is 1.38 bits per heavy atom. The maximum absolute atomic E-state index is 10.2. The molecule has 0 heterocycles. The molecule has 0 saturated carbocycles. The molecule has 4 heteroatoms. The van der Waals surface area contributed by atoms with Crippen LogP contribution in [0.3, 0.4) is 0 Å². The molecule has 0 bridgehead atoms. The third-order valence-electron chi connectivity index (χ3n) is 0.276. The molecule has 46 valence electrons. The van der Waals surface area contributed by atoms with Gasteiger partial charge >= 0.3 is 59.1 Å². The van der Waals surface area contributed by atoms with Crippen LogP contribution in [0.25, 0.3) is 0 Å². The maximum atomic E-state index is 10.2. The van der Waals surface area contributed by atoms with Crippen LogP contribution in [-0.2, 0) is 9.59 Å². The van der Waals surface area contributed by atoms with E-state index in [1.165, 1.54) is 13.8 Å². The van der Waals surface area contributed by atoms with Crippen molar-refractivity contribution in [2.75, 3.05) is 0 Å². The van der Waals surface area contributed by atoms with Crippen molar-refractivity contribution in [2.45, 2.75) is 13.8 Å². The fourth-order valence-corrected chi connectivity index (χ4v) is 3.17. The van der Waals surface area contributed by atoms with E-state index in [1.807, 2.05) is 0 Å². The summed E-state index contributed by atoms with van der Waals surface area (Å²) in [4.78, 5) is 20.5. The Bertz CT molecular complexity index is 96.6. The van der Waals surface area contributed by atoms with E-state index in [-0.39, 0.29) is 35.6 Å². The van der Waals surface area contributed by atoms with E-state index in [2.05, 4.69) is 0 Å². The molecule has 0 radical (unpaired) electrons. The Balaban J connectivity index is 3.18. The molecular weight excluding hydrogens is 238 g/mol. The first kappa shape index (κ1) is 8.38. The van der Waals surface area contributed by atoms with Gasteiger partial charge in [-0.1, -0.05) is 0 Å². The molecular formula is C4H6O2Se2. The topological polar surface area (TPSA) is 34.1 Å². The normalized spacial score (nSPS) is 8.75. The number of hydrogen-bond acceptors (Lipinski definition) is 2. The molecule has 0 aromatic carbocycles. The molecule has 0 atom stereocenters. The minimum absolute atomic E-state index is 0.0289. The van der Waals surface area contributed by atoms with Crippen molar-refractivity contribution >= 4 is 35.6 Å². The summed E-state index contributed by atoms with van der Waals surface area (Å²) in [5.41, 5.74) is 0. The van der Waals surface area contributed by atoms with Crippen LogP contribution in [-0.4, -0.2) is 35.6 Å². The Hall–Kier alpha value is 0.379. The predicted octanol–water partition coefficient (Wildman–Crippen LogP) is -0.597. The standard InChI is InChI=1S/C4H6O2Se2/c1-3(5)7-8-4(2)6/h1-2H3. The van der Waals surface area contributed by atoms with Gasteiger partial charge in [0, 0.05) is 0 Å². The van der Waals surface area contributed by atoms with Crippen LogP contribution < -0.4 is 0 Å². The van der Waals surface area contributed by atoms with Crippen LogP contribution in [0.1, 0.15) is 13.8 Å². The van der Waals surface area contributed by atoms with E-state index < -0.39 is 0 Å². The quantitative estimate of drug-likeness (QED) is 0.621. The molecule has 8 heavy (non-hydrogen) atoms. The number of hydrogen-bond donors (Lipinski definition) is 0. The van der Waals surface area contributed by atoms with Gasteiger partial charge in [-0.3, -0.25) is 0 Å². The van der Waals surface area contributed by atoms with Crippen molar-refractivity contribution in [3.05, 3.63) is 0 Å². The summed E-state index contributed by atoms with van der Waals surface area (Å²) >= 11 is -0.0579. The molecule has 0 unspecified atom stereocenters. The van der Waals surface area contributed by atoms with E-state index >= 15 is 0 Å². The Labute approximate surface area is 59.3 Å². The predicted molar refractivity (Wildman–Crippen MR) is 32.9 cm³/mol. The Morgan fingerprint density at radius 2 is 1.25 bits per heavy atom. The van der Waals surface area contributed by atoms with Gasteiger partial charge in [0.15, 0.2) is 0 Å². The van der Waals surface area contributed by atoms with Crippen molar-refractivity contribution in [3.63, 3.8) is 0 Å². The van der Waals surface area contributed by atoms with Gasteiger partial charge in [-0.25, -0.2) is 0 Å². The summed E-state index contributed by atoms with van der Waals surface area (Å²) in [6.07, 6.45) is 0. The second kappa shape index (κ2) is 4.28. The second-order valence-electron chi connectivity index (χ2n) is 1.15. The van der Waals surface area contributed by atoms with Crippen molar-refractivity contribution < 1.29 is 9.59 Å². The van der Waals surface area contributed by atoms with Crippen molar-refractivity contribution in [1.82, 2.24) is 0 Å². The summed E-state index contributed by atoms with van der Waals surface area (Å²) in [6.45, 7) is 3.06. The molecule has 0 aromatic rings. The summed E-state index contributed by atoms with van der Waals surface area (Å²) in [7, 11) is 0. The van der Waals surface area contributed by atoms with Gasteiger partial charge < -0.3 is 0 Å². The molecule has 0 aliphatic rings. The minimum atomic E-state index is -0.0289. The van der Waals surface area contributed by atoms with E-state index in [0.717, 1.165) is 0 Å². The fourth-order valence-electron chi connectivity index (χ4n) is 0.117. The van der Waals surface area contributed by atoms with Gasteiger partial charge in [-0.2, -0.15) is 0 Å². The fraction of sp³-hybridized carbons (Fsp3) is 0.500. The molecule has 0 aromatic heterocycles. The van der Waals surface area contributed by atoms with Crippen molar-refractivity contribution in [3.8, 4) is 0 Å². The van der Waals surface area contributed by atoms with Gasteiger partial charge in [-0.15, -0.1) is 0 Å². The third-order valence-corrected chi connectivity index (χ3v) is 7.46. The first-order valence-electron chi connectivity index (χ1n) is 1.98. The van der Waals surface area contributed by atoms with Gasteiger partial charge in [-0.05, 0) is 0 Å². The first-order valence-corrected chi connectivity index (χ1v) is 8.03. The van der Waals surface area contributed by atoms with Crippen LogP contribution >= 0.6 is 0 Å². The van der Waals surface area contributed by atoms with Gasteiger partial charge in [0.25, 0.3) is 0 Å². The average Bonchev–Trinajstić information content (AvgIpc) is 1.61. The second-order valence-corrected chi connectivity index (χ2v) is 7.90. The molecule has 0 amide bonds. The van der Waals surface area contributed by atoms with E-state index in [1.54, 1.807) is 0 Å². The van der Waals surface area contributed by atoms with Crippen LogP contribution in [0.4, 0.5) is 0 Å². The van der Waals surface area contributed by atoms with E-state index in [0.29, 0.717) is 0 Å². The molecule has 0 aliphatic heterocycles. The number of rotatable bonds is 3. The van der Waals surface area contributed by atoms with Crippen LogP contribution in [0.2, 0.25) is 0 Å². The third kappa shape index (κ3) is 6.38. The summed E-state index contributed by atoms with van der Waals surface area (Å²) in [6, 6.07) is 0. The van der Waals surface area contributed by atoms with E-state index in [9.17, 15) is 9.59 Å². The van der Waals surface area contributed by atoms with Gasteiger partial charge in [0.05, 0.1) is 0 Å². The molecule has 0 aliphatic carbocycles. The number of carbonyl (C=O) groups excluding carboxylic acids is 2. The van der Waals surface area contributed by atoms with Gasteiger partial charge in [0.2, 0.25) is 0 Å². The van der Waals surface area contributed by atoms with Crippen LogP contribution in [0, 0.1) is 0 Å². The Kier molecular flexibility index (Phi) is 4.48. The summed E-state index contributed by atoms with van der Waals surface area (Å²) < 4.78 is 0.348. The molecule has 0 saturated heterocycles. The zero-order valence-electron chi connectivity index (χ0n) is 4.63. The molecule has 0 N–H and O–H groups in total. The average molecular weight is 244 g/mol. The Morgan fingerprint density at radius 1 is 1.00 bits per heavy atom. The van der Waals surface area contributed by atoms with Crippen LogP contribution in [0.15, 0.2) is 0 Å². The first-order chi connectivity index (χ1) is 3.63. The zero-order chi connectivity index (χ0) is 6.57. The molecule has 2 nitrogen and oxygen atoms in total. The van der Waals surface area contributed by atoms with Crippen molar-refractivity contribution in [1.29, 1.82) is 0 Å².